The van der Waals surface area contributed by atoms with E-state index in [1.54, 1.807) is 0 Å². The fraction of sp³-hybridized carbons (Fsp3) is 0.375. The maximum atomic E-state index is 13.0. The van der Waals surface area contributed by atoms with Gasteiger partial charge in [-0.1, -0.05) is 60.7 Å². The van der Waals surface area contributed by atoms with Gasteiger partial charge in [-0.15, -0.1) is 0 Å². The second-order valence-electron chi connectivity index (χ2n) is 7.54. The number of rotatable bonds is 2. The number of carbonyl (C=O) groups is 1. The third-order valence-corrected chi connectivity index (χ3v) is 5.85. The predicted octanol–water partition coefficient (Wildman–Crippen LogP) is 6.11. The van der Waals surface area contributed by atoms with Crippen LogP contribution in [0.2, 0.25) is 0 Å². The van der Waals surface area contributed by atoms with E-state index < -0.39 is 0 Å². The summed E-state index contributed by atoms with van der Waals surface area (Å²) in [7, 11) is 0. The molecular weight excluding hydrogens is 318 g/mol. The number of hydrogen-bond donors (Lipinski definition) is 1. The largest absolute Gasteiger partial charge is 0.325 e. The molecule has 0 saturated heterocycles. The van der Waals surface area contributed by atoms with E-state index in [-0.39, 0.29) is 11.8 Å². The Hall–Kier alpha value is -2.35. The van der Waals surface area contributed by atoms with Gasteiger partial charge in [0.25, 0.3) is 0 Å². The minimum atomic E-state index is 0.177. The number of fused-ring (bicyclic) bond motifs is 2. The first kappa shape index (κ1) is 17.1. The summed E-state index contributed by atoms with van der Waals surface area (Å²) in [5.41, 5.74) is 0.940. The molecule has 2 aliphatic rings. The number of amides is 1. The standard InChI is InChI=1S/C24H27NO/c26-24(25-22-17-11-13-18-12-9-10-14-19(18)22)23-20-15-7-5-3-1-2-4-6-8-16-21(20)23/h3-6,9-14,17,20-21,23H,1-2,7-8,15-16H2,(H,25,26). The number of carbonyl (C=O) groups excluding carboxylic acids is 1. The summed E-state index contributed by atoms with van der Waals surface area (Å²) in [6.07, 6.45) is 15.9. The van der Waals surface area contributed by atoms with Crippen LogP contribution in [0.1, 0.15) is 38.5 Å². The zero-order valence-corrected chi connectivity index (χ0v) is 15.2. The fourth-order valence-corrected chi connectivity index (χ4v) is 4.41. The highest BCUT2D eigenvalue weighted by Crippen LogP contribution is 2.52. The molecule has 1 amide bonds. The molecule has 2 unspecified atom stereocenters. The summed E-state index contributed by atoms with van der Waals surface area (Å²) in [4.78, 5) is 13.0. The molecule has 2 atom stereocenters. The highest BCUT2D eigenvalue weighted by Gasteiger charge is 2.52. The first-order valence-electron chi connectivity index (χ1n) is 9.93. The second-order valence-corrected chi connectivity index (χ2v) is 7.54. The Morgan fingerprint density at radius 3 is 2.12 bits per heavy atom. The Balaban J connectivity index is 1.47. The Kier molecular flexibility index (Phi) is 5.19. The average Bonchev–Trinajstić information content (AvgIpc) is 3.34. The number of benzene rings is 2. The quantitative estimate of drug-likeness (QED) is 0.654. The van der Waals surface area contributed by atoms with E-state index >= 15 is 0 Å². The maximum Gasteiger partial charge on any atom is 0.228 e. The van der Waals surface area contributed by atoms with Gasteiger partial charge in [0.2, 0.25) is 5.91 Å². The van der Waals surface area contributed by atoms with E-state index in [9.17, 15) is 4.79 Å². The van der Waals surface area contributed by atoms with Crippen molar-refractivity contribution in [2.24, 2.45) is 17.8 Å². The second kappa shape index (κ2) is 7.90. The van der Waals surface area contributed by atoms with Crippen molar-refractivity contribution in [3.63, 3.8) is 0 Å². The van der Waals surface area contributed by atoms with Crippen molar-refractivity contribution in [2.75, 3.05) is 5.32 Å². The molecule has 134 valence electrons. The summed E-state index contributed by atoms with van der Waals surface area (Å²) in [5, 5.41) is 5.51. The molecule has 0 spiro atoms. The van der Waals surface area contributed by atoms with Crippen LogP contribution in [-0.2, 0) is 4.79 Å². The summed E-state index contributed by atoms with van der Waals surface area (Å²) < 4.78 is 0. The molecule has 0 aromatic heterocycles. The SMILES string of the molecule is O=C(Nc1cccc2ccccc12)C1C2CCC=CCCC=CCCC21. The Morgan fingerprint density at radius 1 is 0.769 bits per heavy atom. The minimum absolute atomic E-state index is 0.177. The Morgan fingerprint density at radius 2 is 1.38 bits per heavy atom. The summed E-state index contributed by atoms with van der Waals surface area (Å²) in [5.74, 6) is 1.47. The third kappa shape index (κ3) is 3.75. The first-order valence-corrected chi connectivity index (χ1v) is 9.93. The number of hydrogen-bond acceptors (Lipinski definition) is 1. The van der Waals surface area contributed by atoms with Crippen molar-refractivity contribution < 1.29 is 4.79 Å². The smallest absolute Gasteiger partial charge is 0.228 e. The van der Waals surface area contributed by atoms with Crippen LogP contribution in [-0.4, -0.2) is 5.91 Å². The lowest BCUT2D eigenvalue weighted by Crippen LogP contribution is -2.16. The molecule has 0 aliphatic heterocycles. The van der Waals surface area contributed by atoms with Crippen LogP contribution >= 0.6 is 0 Å². The number of anilines is 1. The van der Waals surface area contributed by atoms with Crippen LogP contribution in [0.3, 0.4) is 0 Å². The van der Waals surface area contributed by atoms with Gasteiger partial charge in [-0.3, -0.25) is 4.79 Å². The normalized spacial score (nSPS) is 25.8. The molecule has 0 bridgehead atoms. The van der Waals surface area contributed by atoms with Gasteiger partial charge in [0.15, 0.2) is 0 Å². The first-order chi connectivity index (χ1) is 12.8. The van der Waals surface area contributed by atoms with E-state index in [1.807, 2.05) is 24.3 Å². The zero-order chi connectivity index (χ0) is 17.8. The van der Waals surface area contributed by atoms with Crippen molar-refractivity contribution >= 4 is 22.4 Å². The molecule has 4 rings (SSSR count). The number of allylic oxidation sites excluding steroid dienone is 4. The van der Waals surface area contributed by atoms with Gasteiger partial charge in [0.05, 0.1) is 0 Å². The van der Waals surface area contributed by atoms with Crippen LogP contribution in [0.5, 0.6) is 0 Å². The van der Waals surface area contributed by atoms with Gasteiger partial charge < -0.3 is 5.32 Å². The monoisotopic (exact) mass is 345 g/mol. The van der Waals surface area contributed by atoms with Crippen LogP contribution < -0.4 is 5.32 Å². The lowest BCUT2D eigenvalue weighted by atomic mass is 10.1. The molecule has 2 aromatic rings. The van der Waals surface area contributed by atoms with Crippen molar-refractivity contribution in [2.45, 2.75) is 38.5 Å². The zero-order valence-electron chi connectivity index (χ0n) is 15.2. The topological polar surface area (TPSA) is 29.1 Å². The van der Waals surface area contributed by atoms with Gasteiger partial charge >= 0.3 is 0 Å². The van der Waals surface area contributed by atoms with E-state index in [1.165, 1.54) is 5.39 Å². The number of nitrogens with one attached hydrogen (secondary N) is 1. The van der Waals surface area contributed by atoms with E-state index in [4.69, 9.17) is 0 Å². The van der Waals surface area contributed by atoms with E-state index in [0.717, 1.165) is 49.6 Å². The Labute approximate surface area is 156 Å². The van der Waals surface area contributed by atoms with Gasteiger partial charge in [0, 0.05) is 17.0 Å². The van der Waals surface area contributed by atoms with Crippen molar-refractivity contribution in [1.29, 1.82) is 0 Å². The van der Waals surface area contributed by atoms with Gasteiger partial charge in [-0.05, 0) is 61.8 Å². The molecule has 2 heteroatoms. The molecule has 26 heavy (non-hydrogen) atoms. The predicted molar refractivity (Wildman–Crippen MR) is 109 cm³/mol. The van der Waals surface area contributed by atoms with Crippen molar-refractivity contribution in [3.8, 4) is 0 Å². The highest BCUT2D eigenvalue weighted by molar-refractivity contribution is 6.03. The Bertz CT molecular complexity index is 806. The maximum absolute atomic E-state index is 13.0. The lowest BCUT2D eigenvalue weighted by molar-refractivity contribution is -0.117. The summed E-state index contributed by atoms with van der Waals surface area (Å²) in [6.45, 7) is 0. The van der Waals surface area contributed by atoms with Crippen LogP contribution in [0.4, 0.5) is 5.69 Å². The van der Waals surface area contributed by atoms with Crippen LogP contribution in [0.15, 0.2) is 66.8 Å². The van der Waals surface area contributed by atoms with E-state index in [2.05, 4.69) is 47.8 Å². The van der Waals surface area contributed by atoms with Crippen LogP contribution in [0, 0.1) is 17.8 Å². The highest BCUT2D eigenvalue weighted by atomic mass is 16.2. The molecule has 2 nitrogen and oxygen atoms in total. The van der Waals surface area contributed by atoms with Crippen molar-refractivity contribution in [3.05, 3.63) is 66.8 Å². The molecule has 1 N–H and O–H groups in total. The molecule has 0 radical (unpaired) electrons. The fourth-order valence-electron chi connectivity index (χ4n) is 4.41. The molecule has 1 fully saturated rings. The summed E-state index contributed by atoms with van der Waals surface area (Å²) >= 11 is 0. The van der Waals surface area contributed by atoms with Crippen LogP contribution in [0.25, 0.3) is 10.8 Å². The lowest BCUT2D eigenvalue weighted by Gasteiger charge is -2.09. The summed E-state index contributed by atoms with van der Waals surface area (Å²) in [6, 6.07) is 14.4. The molecule has 2 aliphatic carbocycles. The van der Waals surface area contributed by atoms with Crippen molar-refractivity contribution in [1.82, 2.24) is 0 Å². The van der Waals surface area contributed by atoms with Gasteiger partial charge in [-0.2, -0.15) is 0 Å². The average molecular weight is 345 g/mol. The molecule has 0 heterocycles. The van der Waals surface area contributed by atoms with E-state index in [0.29, 0.717) is 11.8 Å². The van der Waals surface area contributed by atoms with Gasteiger partial charge in [0.1, 0.15) is 0 Å². The third-order valence-electron chi connectivity index (χ3n) is 5.85. The molecule has 1 saturated carbocycles. The molecule has 2 aromatic carbocycles. The minimum Gasteiger partial charge on any atom is -0.325 e. The van der Waals surface area contributed by atoms with Gasteiger partial charge in [-0.25, -0.2) is 0 Å². The molecular formula is C24H27NO.